The Morgan fingerprint density at radius 1 is 1.24 bits per heavy atom. The van der Waals surface area contributed by atoms with Crippen molar-refractivity contribution in [1.82, 2.24) is 0 Å². The van der Waals surface area contributed by atoms with Gasteiger partial charge in [0.1, 0.15) is 5.75 Å². The zero-order chi connectivity index (χ0) is 12.7. The summed E-state index contributed by atoms with van der Waals surface area (Å²) in [6, 6.07) is 7.06. The van der Waals surface area contributed by atoms with E-state index >= 15 is 0 Å². The molecule has 0 aromatic heterocycles. The number of rotatable bonds is 5. The number of hydrogen-bond donors (Lipinski definition) is 1. The fourth-order valence-electron chi connectivity index (χ4n) is 1.36. The first kappa shape index (κ1) is 13.0. The van der Waals surface area contributed by atoms with Crippen molar-refractivity contribution < 1.29 is 19.5 Å². The molecule has 0 atom stereocenters. The highest BCUT2D eigenvalue weighted by atomic mass is 16.5. The Balaban J connectivity index is 2.70. The van der Waals surface area contributed by atoms with E-state index in [1.807, 2.05) is 0 Å². The Bertz CT molecular complexity index is 397. The largest absolute Gasteiger partial charge is 0.497 e. The number of methoxy groups -OCH3 is 2. The number of carbonyl (C=O) groups excluding carboxylic acids is 1. The van der Waals surface area contributed by atoms with E-state index in [0.29, 0.717) is 12.1 Å². The van der Waals surface area contributed by atoms with Crippen LogP contribution in [0.3, 0.4) is 0 Å². The number of ether oxygens (including phenoxy) is 2. The Labute approximate surface area is 99.7 Å². The van der Waals surface area contributed by atoms with Crippen LogP contribution in [0.4, 0.5) is 0 Å². The average molecular weight is 237 g/mol. The molecule has 1 aromatic carbocycles. The molecule has 0 amide bonds. The lowest BCUT2D eigenvalue weighted by Crippen LogP contribution is -2.07. The van der Waals surface area contributed by atoms with Gasteiger partial charge >= 0.3 is 5.97 Å². The quantitative estimate of drug-likeness (QED) is 0.367. The molecule has 92 valence electrons. The summed E-state index contributed by atoms with van der Waals surface area (Å²) in [5.41, 5.74) is 1.19. The van der Waals surface area contributed by atoms with Crippen LogP contribution in [0.15, 0.2) is 29.4 Å². The summed E-state index contributed by atoms with van der Waals surface area (Å²) < 4.78 is 9.54. The van der Waals surface area contributed by atoms with E-state index in [4.69, 9.17) is 9.94 Å². The molecule has 0 aliphatic carbocycles. The molecule has 5 heteroatoms. The number of nitrogens with zero attached hydrogens (tertiary/aromatic N) is 1. The van der Waals surface area contributed by atoms with E-state index in [9.17, 15) is 4.79 Å². The molecule has 0 saturated heterocycles. The molecule has 0 radical (unpaired) electrons. The Kier molecular flexibility index (Phi) is 5.00. The minimum Gasteiger partial charge on any atom is -0.497 e. The first-order valence-corrected chi connectivity index (χ1v) is 5.13. The summed E-state index contributed by atoms with van der Waals surface area (Å²) >= 11 is 0. The molecule has 0 saturated carbocycles. The van der Waals surface area contributed by atoms with Gasteiger partial charge in [0.15, 0.2) is 0 Å². The number of carbonyl (C=O) groups is 1. The first-order valence-electron chi connectivity index (χ1n) is 5.13. The van der Waals surface area contributed by atoms with E-state index in [1.54, 1.807) is 31.4 Å². The van der Waals surface area contributed by atoms with Crippen LogP contribution in [0.1, 0.15) is 18.4 Å². The maximum atomic E-state index is 11.0. The monoisotopic (exact) mass is 237 g/mol. The van der Waals surface area contributed by atoms with Crippen molar-refractivity contribution in [3.8, 4) is 5.75 Å². The van der Waals surface area contributed by atoms with Gasteiger partial charge in [0, 0.05) is 6.42 Å². The van der Waals surface area contributed by atoms with E-state index < -0.39 is 0 Å². The standard InChI is InChI=1S/C12H15NO4/c1-16-10-5-3-9(4-6-10)11(13-15)7-8-12(14)17-2/h3-6,15H,7-8H2,1-2H3/b13-11+. The smallest absolute Gasteiger partial charge is 0.305 e. The fraction of sp³-hybridized carbons (Fsp3) is 0.333. The van der Waals surface area contributed by atoms with Gasteiger partial charge in [-0.3, -0.25) is 4.79 Å². The number of hydrogen-bond acceptors (Lipinski definition) is 5. The van der Waals surface area contributed by atoms with Crippen LogP contribution in [0.25, 0.3) is 0 Å². The summed E-state index contributed by atoms with van der Waals surface area (Å²) in [6.07, 6.45) is 0.511. The SMILES string of the molecule is COC(=O)CC/C(=N\O)c1ccc(OC)cc1. The molecule has 1 N–H and O–H groups in total. The van der Waals surface area contributed by atoms with Crippen LogP contribution in [0.2, 0.25) is 0 Å². The summed E-state index contributed by atoms with van der Waals surface area (Å²) in [4.78, 5) is 11.0. The number of esters is 1. The van der Waals surface area contributed by atoms with Gasteiger partial charge in [-0.1, -0.05) is 5.16 Å². The van der Waals surface area contributed by atoms with Crippen molar-refractivity contribution in [3.05, 3.63) is 29.8 Å². The highest BCUT2D eigenvalue weighted by molar-refractivity contribution is 6.01. The highest BCUT2D eigenvalue weighted by Gasteiger charge is 2.08. The molecule has 17 heavy (non-hydrogen) atoms. The van der Waals surface area contributed by atoms with Gasteiger partial charge in [0.2, 0.25) is 0 Å². The van der Waals surface area contributed by atoms with Crippen molar-refractivity contribution in [3.63, 3.8) is 0 Å². The maximum Gasteiger partial charge on any atom is 0.305 e. The predicted octanol–water partition coefficient (Wildman–Crippen LogP) is 1.83. The second-order valence-electron chi connectivity index (χ2n) is 3.35. The van der Waals surface area contributed by atoms with Crippen LogP contribution >= 0.6 is 0 Å². The van der Waals surface area contributed by atoms with Crippen LogP contribution < -0.4 is 4.74 Å². The van der Waals surface area contributed by atoms with E-state index in [2.05, 4.69) is 9.89 Å². The van der Waals surface area contributed by atoms with Gasteiger partial charge in [-0.2, -0.15) is 0 Å². The number of benzene rings is 1. The van der Waals surface area contributed by atoms with Gasteiger partial charge in [0.05, 0.1) is 26.4 Å². The molecule has 0 bridgehead atoms. The molecule has 0 unspecified atom stereocenters. The average Bonchev–Trinajstić information content (AvgIpc) is 2.39. The lowest BCUT2D eigenvalue weighted by molar-refractivity contribution is -0.140. The molecule has 0 aliphatic rings. The minimum atomic E-state index is -0.334. The van der Waals surface area contributed by atoms with E-state index in [-0.39, 0.29) is 12.4 Å². The topological polar surface area (TPSA) is 68.1 Å². The van der Waals surface area contributed by atoms with E-state index in [0.717, 1.165) is 11.3 Å². The highest BCUT2D eigenvalue weighted by Crippen LogP contribution is 2.14. The second-order valence-corrected chi connectivity index (χ2v) is 3.35. The molecule has 0 spiro atoms. The third-order valence-corrected chi connectivity index (χ3v) is 2.34. The van der Waals surface area contributed by atoms with Crippen LogP contribution in [-0.2, 0) is 9.53 Å². The number of oxime groups is 1. The van der Waals surface area contributed by atoms with Gasteiger partial charge in [-0.25, -0.2) is 0 Å². The maximum absolute atomic E-state index is 11.0. The van der Waals surface area contributed by atoms with Crippen molar-refractivity contribution in [1.29, 1.82) is 0 Å². The van der Waals surface area contributed by atoms with Crippen molar-refractivity contribution in [2.45, 2.75) is 12.8 Å². The lowest BCUT2D eigenvalue weighted by atomic mass is 10.1. The third-order valence-electron chi connectivity index (χ3n) is 2.34. The second kappa shape index (κ2) is 6.52. The third kappa shape index (κ3) is 3.79. The van der Waals surface area contributed by atoms with Crippen LogP contribution in [-0.4, -0.2) is 31.1 Å². The molecule has 1 aromatic rings. The van der Waals surface area contributed by atoms with Crippen LogP contribution in [0.5, 0.6) is 5.75 Å². The van der Waals surface area contributed by atoms with Gasteiger partial charge in [-0.05, 0) is 29.8 Å². The zero-order valence-corrected chi connectivity index (χ0v) is 9.84. The predicted molar refractivity (Wildman–Crippen MR) is 62.6 cm³/mol. The Morgan fingerprint density at radius 3 is 2.35 bits per heavy atom. The fourth-order valence-corrected chi connectivity index (χ4v) is 1.36. The van der Waals surface area contributed by atoms with E-state index in [1.165, 1.54) is 7.11 Å². The summed E-state index contributed by atoms with van der Waals surface area (Å²) in [5, 5.41) is 12.1. The normalized spacial score (nSPS) is 11.1. The summed E-state index contributed by atoms with van der Waals surface area (Å²) in [5.74, 6) is 0.388. The van der Waals surface area contributed by atoms with Gasteiger partial charge < -0.3 is 14.7 Å². The summed E-state index contributed by atoms with van der Waals surface area (Å²) in [7, 11) is 2.90. The molecule has 5 nitrogen and oxygen atoms in total. The molecule has 0 fully saturated rings. The molecule has 0 heterocycles. The lowest BCUT2D eigenvalue weighted by Gasteiger charge is -2.05. The Hall–Kier alpha value is -2.04. The van der Waals surface area contributed by atoms with Crippen molar-refractivity contribution in [2.75, 3.05) is 14.2 Å². The first-order chi connectivity index (χ1) is 8.21. The van der Waals surface area contributed by atoms with Crippen molar-refractivity contribution in [2.24, 2.45) is 5.16 Å². The van der Waals surface area contributed by atoms with Crippen LogP contribution in [0, 0.1) is 0 Å². The zero-order valence-electron chi connectivity index (χ0n) is 9.84. The molecule has 0 aliphatic heterocycles. The van der Waals surface area contributed by atoms with Gasteiger partial charge in [0.25, 0.3) is 0 Å². The van der Waals surface area contributed by atoms with Gasteiger partial charge in [-0.15, -0.1) is 0 Å². The minimum absolute atomic E-state index is 0.182. The molecular weight excluding hydrogens is 222 g/mol. The summed E-state index contributed by atoms with van der Waals surface area (Å²) in [6.45, 7) is 0. The van der Waals surface area contributed by atoms with Crippen molar-refractivity contribution >= 4 is 11.7 Å². The molecular formula is C12H15NO4. The molecule has 1 rings (SSSR count). The Morgan fingerprint density at radius 2 is 1.88 bits per heavy atom.